The lowest BCUT2D eigenvalue weighted by Crippen LogP contribution is -2.46. The first-order valence-electron chi connectivity index (χ1n) is 5.95. The molecule has 3 unspecified atom stereocenters. The molecule has 0 amide bonds. The van der Waals surface area contributed by atoms with Crippen LogP contribution in [0.2, 0.25) is 0 Å². The number of epoxide rings is 1. The van der Waals surface area contributed by atoms with Crippen LogP contribution in [0, 0.1) is 5.41 Å². The molecule has 2 nitrogen and oxygen atoms in total. The third-order valence-corrected chi connectivity index (χ3v) is 4.11. The molecule has 2 rings (SSSR count). The molecule has 1 saturated carbocycles. The Morgan fingerprint density at radius 3 is 2.50 bits per heavy atom. The monoisotopic (exact) mass is 222 g/mol. The van der Waals surface area contributed by atoms with Crippen molar-refractivity contribution < 1.29 is 9.84 Å². The summed E-state index contributed by atoms with van der Waals surface area (Å²) in [6, 6.07) is 0. The molecule has 0 aromatic rings. The molecule has 1 aliphatic heterocycles. The Kier molecular flexibility index (Phi) is 2.38. The van der Waals surface area contributed by atoms with Crippen LogP contribution in [0.5, 0.6) is 0 Å². The van der Waals surface area contributed by atoms with Crippen LogP contribution in [0.25, 0.3) is 0 Å². The van der Waals surface area contributed by atoms with Gasteiger partial charge < -0.3 is 9.84 Å². The minimum Gasteiger partial charge on any atom is -0.393 e. The van der Waals surface area contributed by atoms with Crippen LogP contribution < -0.4 is 0 Å². The van der Waals surface area contributed by atoms with E-state index < -0.39 is 0 Å². The number of hydrogen-bond donors (Lipinski definition) is 1. The van der Waals surface area contributed by atoms with Gasteiger partial charge in [-0.1, -0.05) is 32.1 Å². The lowest BCUT2D eigenvalue weighted by Gasteiger charge is -2.39. The van der Waals surface area contributed by atoms with E-state index in [1.807, 2.05) is 13.0 Å². The number of aliphatic hydroxyl groups is 1. The number of allylic oxidation sites excluding steroid dienone is 2. The van der Waals surface area contributed by atoms with E-state index >= 15 is 0 Å². The van der Waals surface area contributed by atoms with Gasteiger partial charge in [0.25, 0.3) is 0 Å². The van der Waals surface area contributed by atoms with Crippen molar-refractivity contribution in [3.05, 3.63) is 24.3 Å². The molecule has 16 heavy (non-hydrogen) atoms. The number of hydrogen-bond acceptors (Lipinski definition) is 2. The fourth-order valence-corrected chi connectivity index (χ4v) is 3.34. The van der Waals surface area contributed by atoms with Gasteiger partial charge in [0, 0.05) is 11.8 Å². The van der Waals surface area contributed by atoms with Crippen LogP contribution >= 0.6 is 0 Å². The summed E-state index contributed by atoms with van der Waals surface area (Å²) in [5.41, 5.74) is 0.609. The van der Waals surface area contributed by atoms with Gasteiger partial charge in [0.05, 0.1) is 6.10 Å². The third kappa shape index (κ3) is 1.47. The van der Waals surface area contributed by atoms with Gasteiger partial charge in [-0.15, -0.1) is 0 Å². The van der Waals surface area contributed by atoms with Gasteiger partial charge in [0.15, 0.2) is 0 Å². The summed E-state index contributed by atoms with van der Waals surface area (Å²) >= 11 is 0. The van der Waals surface area contributed by atoms with Gasteiger partial charge in [-0.05, 0) is 26.3 Å². The maximum atomic E-state index is 9.88. The van der Waals surface area contributed by atoms with Crippen LogP contribution in [0.1, 0.15) is 40.5 Å². The Hall–Kier alpha value is -0.600. The van der Waals surface area contributed by atoms with Crippen LogP contribution in [0.15, 0.2) is 24.3 Å². The fourth-order valence-electron chi connectivity index (χ4n) is 3.34. The molecule has 2 fully saturated rings. The van der Waals surface area contributed by atoms with Crippen molar-refractivity contribution in [2.24, 2.45) is 5.41 Å². The Balaban J connectivity index is 2.31. The molecule has 2 heteroatoms. The molecule has 0 radical (unpaired) electrons. The molecular formula is C14H22O2. The van der Waals surface area contributed by atoms with Gasteiger partial charge in [-0.25, -0.2) is 0 Å². The summed E-state index contributed by atoms with van der Waals surface area (Å²) in [6.45, 7) is 12.3. The van der Waals surface area contributed by atoms with E-state index in [2.05, 4.69) is 33.4 Å². The Morgan fingerprint density at radius 1 is 1.38 bits per heavy atom. The standard InChI is InChI=1S/C14H22O2/c1-10(2)6-7-14-12(3,4)8-11(15)9-13(14,5)16-14/h6-7,11,15H,1,8-9H2,2-5H3/b7-6+. The number of fused-ring (bicyclic) bond motifs is 1. The van der Waals surface area contributed by atoms with E-state index in [1.54, 1.807) is 0 Å². The summed E-state index contributed by atoms with van der Waals surface area (Å²) in [5.74, 6) is 0. The normalized spacial score (nSPS) is 45.4. The van der Waals surface area contributed by atoms with Crippen LogP contribution in [-0.2, 0) is 4.74 Å². The van der Waals surface area contributed by atoms with Crippen molar-refractivity contribution in [3.8, 4) is 0 Å². The fraction of sp³-hybridized carbons (Fsp3) is 0.714. The first-order chi connectivity index (χ1) is 7.22. The summed E-state index contributed by atoms with van der Waals surface area (Å²) in [7, 11) is 0. The highest BCUT2D eigenvalue weighted by Gasteiger charge is 2.74. The lowest BCUT2D eigenvalue weighted by molar-refractivity contribution is 0.0515. The van der Waals surface area contributed by atoms with Crippen molar-refractivity contribution in [1.82, 2.24) is 0 Å². The molecule has 0 bridgehead atoms. The Labute approximate surface area is 98.0 Å². The molecule has 0 spiro atoms. The van der Waals surface area contributed by atoms with Gasteiger partial charge in [-0.3, -0.25) is 0 Å². The van der Waals surface area contributed by atoms with E-state index in [4.69, 9.17) is 4.74 Å². The molecule has 0 aromatic heterocycles. The largest absolute Gasteiger partial charge is 0.393 e. The molecule has 1 heterocycles. The quantitative estimate of drug-likeness (QED) is 0.575. The minimum atomic E-state index is -0.242. The molecule has 2 aliphatic rings. The maximum Gasteiger partial charge on any atom is 0.121 e. The van der Waals surface area contributed by atoms with Gasteiger partial charge in [0.2, 0.25) is 0 Å². The molecule has 3 atom stereocenters. The maximum absolute atomic E-state index is 9.88. The Bertz CT molecular complexity index is 356. The first kappa shape index (κ1) is 11.9. The van der Waals surface area contributed by atoms with Crippen LogP contribution in [-0.4, -0.2) is 22.4 Å². The average molecular weight is 222 g/mol. The Morgan fingerprint density at radius 2 is 2.00 bits per heavy atom. The van der Waals surface area contributed by atoms with Crippen LogP contribution in [0.4, 0.5) is 0 Å². The van der Waals surface area contributed by atoms with Crippen molar-refractivity contribution in [3.63, 3.8) is 0 Å². The first-order valence-corrected chi connectivity index (χ1v) is 5.95. The lowest BCUT2D eigenvalue weighted by atomic mass is 9.63. The van der Waals surface area contributed by atoms with Gasteiger partial charge >= 0.3 is 0 Å². The van der Waals surface area contributed by atoms with Gasteiger partial charge in [-0.2, -0.15) is 0 Å². The highest BCUT2D eigenvalue weighted by molar-refractivity contribution is 5.34. The SMILES string of the molecule is C=C(C)/C=C/C12OC1(C)CC(O)CC2(C)C. The summed E-state index contributed by atoms with van der Waals surface area (Å²) in [6.07, 6.45) is 5.46. The van der Waals surface area contributed by atoms with E-state index in [9.17, 15) is 5.11 Å². The predicted molar refractivity (Wildman–Crippen MR) is 65.2 cm³/mol. The number of rotatable bonds is 2. The van der Waals surface area contributed by atoms with E-state index in [0.717, 1.165) is 18.4 Å². The molecule has 90 valence electrons. The second-order valence-electron chi connectivity index (χ2n) is 6.19. The molecular weight excluding hydrogens is 200 g/mol. The zero-order chi connectivity index (χ0) is 12.2. The topological polar surface area (TPSA) is 32.8 Å². The van der Waals surface area contributed by atoms with Crippen molar-refractivity contribution in [2.45, 2.75) is 57.8 Å². The summed E-state index contributed by atoms with van der Waals surface area (Å²) < 4.78 is 6.00. The predicted octanol–water partition coefficient (Wildman–Crippen LogP) is 2.83. The second-order valence-corrected chi connectivity index (χ2v) is 6.19. The average Bonchev–Trinajstić information content (AvgIpc) is 2.67. The van der Waals surface area contributed by atoms with Crippen molar-refractivity contribution in [2.75, 3.05) is 0 Å². The van der Waals surface area contributed by atoms with E-state index in [-0.39, 0.29) is 22.7 Å². The number of aliphatic hydroxyl groups excluding tert-OH is 1. The summed E-state index contributed by atoms with van der Waals surface area (Å²) in [4.78, 5) is 0. The molecule has 1 aliphatic carbocycles. The molecule has 1 saturated heterocycles. The smallest absolute Gasteiger partial charge is 0.121 e. The minimum absolute atomic E-state index is 0.0225. The van der Waals surface area contributed by atoms with Gasteiger partial charge in [0.1, 0.15) is 11.2 Å². The highest BCUT2D eigenvalue weighted by Crippen LogP contribution is 2.65. The van der Waals surface area contributed by atoms with Crippen molar-refractivity contribution >= 4 is 0 Å². The number of ether oxygens (including phenoxy) is 1. The zero-order valence-corrected chi connectivity index (χ0v) is 10.7. The third-order valence-electron chi connectivity index (χ3n) is 4.11. The second kappa shape index (κ2) is 3.21. The zero-order valence-electron chi connectivity index (χ0n) is 10.7. The summed E-state index contributed by atoms with van der Waals surface area (Å²) in [5, 5.41) is 9.88. The van der Waals surface area contributed by atoms with Crippen LogP contribution in [0.3, 0.4) is 0 Å². The van der Waals surface area contributed by atoms with E-state index in [0.29, 0.717) is 0 Å². The van der Waals surface area contributed by atoms with E-state index in [1.165, 1.54) is 0 Å². The highest BCUT2D eigenvalue weighted by atomic mass is 16.6. The molecule has 1 N–H and O–H groups in total. The molecule has 0 aromatic carbocycles. The van der Waals surface area contributed by atoms with Crippen molar-refractivity contribution in [1.29, 1.82) is 0 Å².